The van der Waals surface area contributed by atoms with Gasteiger partial charge in [-0.2, -0.15) is 0 Å². The molecule has 0 radical (unpaired) electrons. The number of rotatable bonds is 6. The molecular weight excluding hydrogens is 302 g/mol. The van der Waals surface area contributed by atoms with Crippen LogP contribution in [0.4, 0.5) is 5.69 Å². The number of carbonyl (C=O) groups excluding carboxylic acids is 2. The molecule has 0 unspecified atom stereocenters. The minimum absolute atomic E-state index is 0.202. The van der Waals surface area contributed by atoms with Crippen LogP contribution in [0, 0.1) is 17.8 Å². The maximum atomic E-state index is 12.1. The highest BCUT2D eigenvalue weighted by molar-refractivity contribution is 5.93. The highest BCUT2D eigenvalue weighted by Gasteiger charge is 2.40. The van der Waals surface area contributed by atoms with E-state index in [1.165, 1.54) is 19.3 Å². The van der Waals surface area contributed by atoms with Gasteiger partial charge in [-0.25, -0.2) is 0 Å². The lowest BCUT2D eigenvalue weighted by Gasteiger charge is -2.20. The zero-order valence-corrected chi connectivity index (χ0v) is 14.6. The van der Waals surface area contributed by atoms with E-state index in [4.69, 9.17) is 4.74 Å². The lowest BCUT2D eigenvalue weighted by Crippen LogP contribution is -2.23. The number of esters is 1. The second-order valence-corrected chi connectivity index (χ2v) is 7.59. The Bertz CT molecular complexity index is 611. The summed E-state index contributed by atoms with van der Waals surface area (Å²) >= 11 is 0. The number of amides is 1. The Morgan fingerprint density at radius 1 is 1.21 bits per heavy atom. The topological polar surface area (TPSA) is 55.4 Å². The Labute approximate surface area is 144 Å². The molecule has 0 aliphatic heterocycles. The van der Waals surface area contributed by atoms with E-state index < -0.39 is 0 Å². The highest BCUT2D eigenvalue weighted by Crippen LogP contribution is 2.49. The normalized spacial score (nSPS) is 25.0. The first kappa shape index (κ1) is 17.0. The van der Waals surface area contributed by atoms with Crippen LogP contribution >= 0.6 is 0 Å². The molecule has 0 aromatic heterocycles. The number of anilines is 1. The number of hydrogen-bond acceptors (Lipinski definition) is 3. The Hall–Kier alpha value is -1.84. The molecule has 3 rings (SSSR count). The van der Waals surface area contributed by atoms with E-state index in [1.54, 1.807) is 0 Å². The molecule has 4 heteroatoms. The predicted octanol–water partition coefficient (Wildman–Crippen LogP) is 4.12. The van der Waals surface area contributed by atoms with Crippen molar-refractivity contribution in [3.05, 3.63) is 29.8 Å². The molecule has 2 bridgehead atoms. The van der Waals surface area contributed by atoms with E-state index in [-0.39, 0.29) is 18.5 Å². The van der Waals surface area contributed by atoms with Crippen molar-refractivity contribution in [2.75, 3.05) is 11.9 Å². The largest absolute Gasteiger partial charge is 0.456 e. The van der Waals surface area contributed by atoms with Gasteiger partial charge in [0.1, 0.15) is 0 Å². The second kappa shape index (κ2) is 7.37. The van der Waals surface area contributed by atoms with Crippen LogP contribution in [0.1, 0.15) is 57.4 Å². The van der Waals surface area contributed by atoms with Gasteiger partial charge in [0.2, 0.25) is 0 Å². The fourth-order valence-corrected chi connectivity index (χ4v) is 4.35. The molecule has 130 valence electrons. The van der Waals surface area contributed by atoms with Crippen LogP contribution in [0.15, 0.2) is 24.3 Å². The summed E-state index contributed by atoms with van der Waals surface area (Å²) in [6, 6.07) is 7.73. The fraction of sp³-hybridized carbons (Fsp3) is 0.600. The number of ether oxygens (including phenoxy) is 1. The van der Waals surface area contributed by atoms with E-state index in [2.05, 4.69) is 19.2 Å². The summed E-state index contributed by atoms with van der Waals surface area (Å²) < 4.78 is 5.19. The molecule has 1 amide bonds. The standard InChI is InChI=1S/C20H27NO3/c1-13(2)17-5-3-4-6-18(17)21-19(22)12-24-20(23)11-16-10-14-7-8-15(16)9-14/h3-6,13-16H,7-12H2,1-2H3,(H,21,22)/t14-,15-,16+/m1/s1. The smallest absolute Gasteiger partial charge is 0.306 e. The third-order valence-corrected chi connectivity index (χ3v) is 5.53. The predicted molar refractivity (Wildman–Crippen MR) is 93.7 cm³/mol. The van der Waals surface area contributed by atoms with Crippen molar-refractivity contribution in [3.63, 3.8) is 0 Å². The molecule has 4 nitrogen and oxygen atoms in total. The van der Waals surface area contributed by atoms with Gasteiger partial charge in [0.15, 0.2) is 6.61 Å². The SMILES string of the molecule is CC(C)c1ccccc1NC(=O)COC(=O)C[C@@H]1C[C@@H]2CC[C@@H]1C2. The van der Waals surface area contributed by atoms with Crippen molar-refractivity contribution in [3.8, 4) is 0 Å². The molecule has 0 spiro atoms. The summed E-state index contributed by atoms with van der Waals surface area (Å²) in [6.07, 6.45) is 5.50. The van der Waals surface area contributed by atoms with Crippen molar-refractivity contribution < 1.29 is 14.3 Å². The molecule has 2 fully saturated rings. The van der Waals surface area contributed by atoms with E-state index in [0.717, 1.165) is 23.6 Å². The van der Waals surface area contributed by atoms with Gasteiger partial charge in [0.25, 0.3) is 5.91 Å². The minimum atomic E-state index is -0.274. The van der Waals surface area contributed by atoms with Crippen LogP contribution in [-0.4, -0.2) is 18.5 Å². The molecule has 2 aliphatic rings. The molecule has 1 aromatic carbocycles. The van der Waals surface area contributed by atoms with Crippen molar-refractivity contribution in [1.29, 1.82) is 0 Å². The first-order chi connectivity index (χ1) is 11.5. The molecule has 2 saturated carbocycles. The van der Waals surface area contributed by atoms with Crippen LogP contribution in [0.2, 0.25) is 0 Å². The maximum absolute atomic E-state index is 12.1. The Balaban J connectivity index is 1.45. The van der Waals surface area contributed by atoms with Crippen molar-refractivity contribution in [1.82, 2.24) is 0 Å². The number of benzene rings is 1. The summed E-state index contributed by atoms with van der Waals surface area (Å²) in [7, 11) is 0. The first-order valence-corrected chi connectivity index (χ1v) is 9.07. The fourth-order valence-electron chi connectivity index (χ4n) is 4.35. The van der Waals surface area contributed by atoms with Gasteiger partial charge >= 0.3 is 5.97 Å². The van der Waals surface area contributed by atoms with Crippen molar-refractivity contribution in [2.24, 2.45) is 17.8 Å². The number of nitrogens with one attached hydrogen (secondary N) is 1. The Morgan fingerprint density at radius 3 is 2.67 bits per heavy atom. The first-order valence-electron chi connectivity index (χ1n) is 9.07. The second-order valence-electron chi connectivity index (χ2n) is 7.59. The van der Waals surface area contributed by atoms with Crippen LogP contribution < -0.4 is 5.32 Å². The van der Waals surface area contributed by atoms with Crippen LogP contribution in [0.25, 0.3) is 0 Å². The van der Waals surface area contributed by atoms with Gasteiger partial charge in [0.05, 0.1) is 0 Å². The summed E-state index contributed by atoms with van der Waals surface area (Å²) in [5.74, 6) is 1.81. The van der Waals surface area contributed by atoms with Crippen LogP contribution in [0.3, 0.4) is 0 Å². The summed E-state index contributed by atoms with van der Waals surface area (Å²) in [5, 5.41) is 2.85. The average molecular weight is 329 g/mol. The van der Waals surface area contributed by atoms with E-state index in [9.17, 15) is 9.59 Å². The van der Waals surface area contributed by atoms with E-state index >= 15 is 0 Å². The Kier molecular flexibility index (Phi) is 5.22. The van der Waals surface area contributed by atoms with Gasteiger partial charge < -0.3 is 10.1 Å². The average Bonchev–Trinajstić information content (AvgIpc) is 3.16. The maximum Gasteiger partial charge on any atom is 0.306 e. The van der Waals surface area contributed by atoms with Crippen LogP contribution in [0.5, 0.6) is 0 Å². The number of fused-ring (bicyclic) bond motifs is 2. The quantitative estimate of drug-likeness (QED) is 0.799. The summed E-state index contributed by atoms with van der Waals surface area (Å²) in [4.78, 5) is 24.1. The molecule has 24 heavy (non-hydrogen) atoms. The number of carbonyl (C=O) groups is 2. The number of hydrogen-bond donors (Lipinski definition) is 1. The number of para-hydroxylation sites is 1. The molecule has 1 N–H and O–H groups in total. The molecule has 0 saturated heterocycles. The van der Waals surface area contributed by atoms with E-state index in [0.29, 0.717) is 24.2 Å². The lowest BCUT2D eigenvalue weighted by molar-refractivity contribution is -0.148. The monoisotopic (exact) mass is 329 g/mol. The minimum Gasteiger partial charge on any atom is -0.456 e. The van der Waals surface area contributed by atoms with Gasteiger partial charge in [-0.05, 0) is 54.6 Å². The third-order valence-electron chi connectivity index (χ3n) is 5.53. The third kappa shape index (κ3) is 3.97. The molecule has 0 heterocycles. The van der Waals surface area contributed by atoms with Gasteiger partial charge in [-0.1, -0.05) is 38.5 Å². The molecule has 1 aromatic rings. The highest BCUT2D eigenvalue weighted by atomic mass is 16.5. The van der Waals surface area contributed by atoms with Gasteiger partial charge in [-0.3, -0.25) is 9.59 Å². The zero-order chi connectivity index (χ0) is 17.1. The Morgan fingerprint density at radius 2 is 2.00 bits per heavy atom. The molecule has 2 aliphatic carbocycles. The van der Waals surface area contributed by atoms with E-state index in [1.807, 2.05) is 24.3 Å². The van der Waals surface area contributed by atoms with Crippen molar-refractivity contribution in [2.45, 2.75) is 51.9 Å². The molecular formula is C20H27NO3. The zero-order valence-electron chi connectivity index (χ0n) is 14.6. The lowest BCUT2D eigenvalue weighted by atomic mass is 9.86. The summed E-state index contributed by atoms with van der Waals surface area (Å²) in [6.45, 7) is 3.97. The van der Waals surface area contributed by atoms with Gasteiger partial charge in [-0.15, -0.1) is 0 Å². The summed E-state index contributed by atoms with van der Waals surface area (Å²) in [5.41, 5.74) is 1.88. The van der Waals surface area contributed by atoms with Gasteiger partial charge in [0, 0.05) is 12.1 Å². The van der Waals surface area contributed by atoms with Crippen molar-refractivity contribution >= 4 is 17.6 Å². The molecule has 3 atom stereocenters. The van der Waals surface area contributed by atoms with Crippen LogP contribution in [-0.2, 0) is 14.3 Å².